The molecule has 0 rings (SSSR count). The van der Waals surface area contributed by atoms with Crippen molar-refractivity contribution in [3.05, 3.63) is 0 Å². The first-order valence-electron chi connectivity index (χ1n) is 7.03. The number of hydrogen-bond donors (Lipinski definition) is 2. The highest BCUT2D eigenvalue weighted by Crippen LogP contribution is 2.10. The van der Waals surface area contributed by atoms with E-state index in [-0.39, 0.29) is 24.5 Å². The number of carboxylic acid groups (broad SMARTS) is 1. The van der Waals surface area contributed by atoms with Gasteiger partial charge >= 0.3 is 12.0 Å². The van der Waals surface area contributed by atoms with Gasteiger partial charge in [0.2, 0.25) is 0 Å². The Morgan fingerprint density at radius 1 is 1.26 bits per heavy atom. The van der Waals surface area contributed by atoms with E-state index in [1.54, 1.807) is 11.9 Å². The third kappa shape index (κ3) is 7.70. The van der Waals surface area contributed by atoms with E-state index >= 15 is 0 Å². The second-order valence-corrected chi connectivity index (χ2v) is 5.62. The van der Waals surface area contributed by atoms with Crippen LogP contribution in [0.2, 0.25) is 0 Å². The molecule has 2 unspecified atom stereocenters. The molecule has 0 spiro atoms. The molecule has 2 N–H and O–H groups in total. The standard InChI is InChI=1S/C14H28N2O3/c1-6-7-12(9-13(17)18)15-14(19)16(5)11(4)8-10(2)3/h10-12H,6-9H2,1-5H3,(H,15,19)(H,17,18). The molecule has 0 aliphatic carbocycles. The van der Waals surface area contributed by atoms with Gasteiger partial charge in [0.05, 0.1) is 6.42 Å². The van der Waals surface area contributed by atoms with Crippen molar-refractivity contribution in [1.29, 1.82) is 0 Å². The number of nitrogens with one attached hydrogen (secondary N) is 1. The number of carbonyl (C=O) groups excluding carboxylic acids is 1. The van der Waals surface area contributed by atoms with E-state index in [9.17, 15) is 9.59 Å². The average Bonchev–Trinajstić information content (AvgIpc) is 2.26. The van der Waals surface area contributed by atoms with E-state index in [1.807, 2.05) is 13.8 Å². The minimum atomic E-state index is -0.878. The Morgan fingerprint density at radius 3 is 2.26 bits per heavy atom. The summed E-state index contributed by atoms with van der Waals surface area (Å²) in [6, 6.07) is -0.330. The maximum Gasteiger partial charge on any atom is 0.317 e. The summed E-state index contributed by atoms with van der Waals surface area (Å²) in [5.74, 6) is -0.354. The Morgan fingerprint density at radius 2 is 1.84 bits per heavy atom. The first-order valence-corrected chi connectivity index (χ1v) is 7.03. The molecule has 0 aliphatic heterocycles. The van der Waals surface area contributed by atoms with Crippen LogP contribution in [0.25, 0.3) is 0 Å². The fraction of sp³-hybridized carbons (Fsp3) is 0.857. The first kappa shape index (κ1) is 17.7. The fourth-order valence-electron chi connectivity index (χ4n) is 2.10. The second kappa shape index (κ2) is 8.77. The van der Waals surface area contributed by atoms with E-state index in [2.05, 4.69) is 19.2 Å². The number of aliphatic carboxylic acids is 1. The smallest absolute Gasteiger partial charge is 0.317 e. The SMILES string of the molecule is CCCC(CC(=O)O)NC(=O)N(C)C(C)CC(C)C. The van der Waals surface area contributed by atoms with Crippen molar-refractivity contribution in [2.45, 2.75) is 65.5 Å². The van der Waals surface area contributed by atoms with Crippen LogP contribution in [-0.4, -0.2) is 41.1 Å². The number of nitrogens with zero attached hydrogens (tertiary/aromatic N) is 1. The largest absolute Gasteiger partial charge is 0.481 e. The molecule has 19 heavy (non-hydrogen) atoms. The lowest BCUT2D eigenvalue weighted by molar-refractivity contribution is -0.137. The molecule has 0 radical (unpaired) electrons. The predicted molar refractivity (Wildman–Crippen MR) is 76.2 cm³/mol. The van der Waals surface area contributed by atoms with Crippen molar-refractivity contribution < 1.29 is 14.7 Å². The van der Waals surface area contributed by atoms with Gasteiger partial charge in [-0.25, -0.2) is 4.79 Å². The van der Waals surface area contributed by atoms with Gasteiger partial charge < -0.3 is 15.3 Å². The summed E-state index contributed by atoms with van der Waals surface area (Å²) in [5, 5.41) is 11.6. The van der Waals surface area contributed by atoms with Gasteiger partial charge in [0.15, 0.2) is 0 Å². The highest BCUT2D eigenvalue weighted by Gasteiger charge is 2.20. The Hall–Kier alpha value is -1.26. The van der Waals surface area contributed by atoms with Crippen LogP contribution in [0.15, 0.2) is 0 Å². The molecule has 112 valence electrons. The van der Waals surface area contributed by atoms with Gasteiger partial charge in [-0.15, -0.1) is 0 Å². The lowest BCUT2D eigenvalue weighted by atomic mass is 10.0. The van der Waals surface area contributed by atoms with Crippen LogP contribution >= 0.6 is 0 Å². The van der Waals surface area contributed by atoms with Gasteiger partial charge in [0, 0.05) is 19.1 Å². The summed E-state index contributed by atoms with van der Waals surface area (Å²) in [6.07, 6.45) is 2.45. The quantitative estimate of drug-likeness (QED) is 0.713. The number of amides is 2. The van der Waals surface area contributed by atoms with Crippen molar-refractivity contribution in [3.8, 4) is 0 Å². The highest BCUT2D eigenvalue weighted by molar-refractivity contribution is 5.76. The molecule has 2 amide bonds. The fourth-order valence-corrected chi connectivity index (χ4v) is 2.10. The second-order valence-electron chi connectivity index (χ2n) is 5.62. The van der Waals surface area contributed by atoms with Crippen molar-refractivity contribution in [2.75, 3.05) is 7.05 Å². The van der Waals surface area contributed by atoms with Crippen molar-refractivity contribution >= 4 is 12.0 Å². The summed E-state index contributed by atoms with van der Waals surface area (Å²) in [4.78, 5) is 24.5. The Labute approximate surface area is 116 Å². The van der Waals surface area contributed by atoms with Gasteiger partial charge in [0.25, 0.3) is 0 Å². The van der Waals surface area contributed by atoms with Crippen LogP contribution in [0.5, 0.6) is 0 Å². The zero-order valence-electron chi connectivity index (χ0n) is 12.8. The molecule has 5 heteroatoms. The third-order valence-electron chi connectivity index (χ3n) is 3.18. The molecule has 0 saturated heterocycles. The van der Waals surface area contributed by atoms with Crippen molar-refractivity contribution in [1.82, 2.24) is 10.2 Å². The third-order valence-corrected chi connectivity index (χ3v) is 3.18. The maximum atomic E-state index is 12.1. The van der Waals surface area contributed by atoms with Gasteiger partial charge in [-0.1, -0.05) is 27.2 Å². The Bertz CT molecular complexity index is 292. The van der Waals surface area contributed by atoms with Crippen molar-refractivity contribution in [2.24, 2.45) is 5.92 Å². The minimum absolute atomic E-state index is 0.0218. The van der Waals surface area contributed by atoms with Crippen LogP contribution in [0.1, 0.15) is 53.4 Å². The monoisotopic (exact) mass is 272 g/mol. The van der Waals surface area contributed by atoms with E-state index in [4.69, 9.17) is 5.11 Å². The number of carboxylic acids is 1. The molecule has 0 aromatic rings. The molecule has 0 saturated carbocycles. The summed E-state index contributed by atoms with van der Waals surface area (Å²) < 4.78 is 0. The maximum absolute atomic E-state index is 12.1. The van der Waals surface area contributed by atoms with Crippen LogP contribution in [-0.2, 0) is 4.79 Å². The number of carbonyl (C=O) groups is 2. The van der Waals surface area contributed by atoms with Crippen LogP contribution in [0, 0.1) is 5.92 Å². The first-order chi connectivity index (χ1) is 8.77. The Kier molecular flexibility index (Phi) is 8.19. The zero-order valence-corrected chi connectivity index (χ0v) is 12.8. The molecular weight excluding hydrogens is 244 g/mol. The van der Waals surface area contributed by atoms with E-state index in [1.165, 1.54) is 0 Å². The normalized spacial score (nSPS) is 14.0. The summed E-state index contributed by atoms with van der Waals surface area (Å²) in [7, 11) is 1.76. The summed E-state index contributed by atoms with van der Waals surface area (Å²) >= 11 is 0. The van der Waals surface area contributed by atoms with E-state index in [0.29, 0.717) is 12.3 Å². The Balaban J connectivity index is 4.40. The molecule has 0 aromatic heterocycles. The van der Waals surface area contributed by atoms with Gasteiger partial charge in [-0.2, -0.15) is 0 Å². The minimum Gasteiger partial charge on any atom is -0.481 e. The van der Waals surface area contributed by atoms with E-state index in [0.717, 1.165) is 12.8 Å². The lowest BCUT2D eigenvalue weighted by Gasteiger charge is -2.28. The number of urea groups is 1. The topological polar surface area (TPSA) is 69.6 Å². The van der Waals surface area contributed by atoms with Gasteiger partial charge in [0.1, 0.15) is 0 Å². The van der Waals surface area contributed by atoms with E-state index < -0.39 is 5.97 Å². The molecule has 0 aromatic carbocycles. The van der Waals surface area contributed by atoms with Gasteiger partial charge in [-0.05, 0) is 25.7 Å². The van der Waals surface area contributed by atoms with Crippen LogP contribution in [0.3, 0.4) is 0 Å². The molecular formula is C14H28N2O3. The highest BCUT2D eigenvalue weighted by atomic mass is 16.4. The molecule has 2 atom stereocenters. The molecule has 0 heterocycles. The molecule has 5 nitrogen and oxygen atoms in total. The average molecular weight is 272 g/mol. The summed E-state index contributed by atoms with van der Waals surface area (Å²) in [5.41, 5.74) is 0. The lowest BCUT2D eigenvalue weighted by Crippen LogP contribution is -2.47. The number of hydrogen-bond acceptors (Lipinski definition) is 2. The number of rotatable bonds is 8. The van der Waals surface area contributed by atoms with Gasteiger partial charge in [-0.3, -0.25) is 4.79 Å². The molecule has 0 fully saturated rings. The zero-order chi connectivity index (χ0) is 15.0. The molecule has 0 aliphatic rings. The van der Waals surface area contributed by atoms with Crippen molar-refractivity contribution in [3.63, 3.8) is 0 Å². The summed E-state index contributed by atoms with van der Waals surface area (Å²) in [6.45, 7) is 8.22. The predicted octanol–water partition coefficient (Wildman–Crippen LogP) is 2.71. The molecule has 0 bridgehead atoms. The van der Waals surface area contributed by atoms with Crippen LogP contribution in [0.4, 0.5) is 4.79 Å². The van der Waals surface area contributed by atoms with Crippen LogP contribution < -0.4 is 5.32 Å².